The molecule has 2 aromatic carbocycles. The van der Waals surface area contributed by atoms with Crippen LogP contribution in [0.3, 0.4) is 0 Å². The lowest BCUT2D eigenvalue weighted by Gasteiger charge is -2.11. The maximum Gasteiger partial charge on any atom is -0.00674 e. The third-order valence-corrected chi connectivity index (χ3v) is 4.03. The molecule has 1 aliphatic rings. The van der Waals surface area contributed by atoms with Crippen LogP contribution in [0.1, 0.15) is 25.0 Å². The lowest BCUT2D eigenvalue weighted by atomic mass is 9.92. The molecule has 0 bridgehead atoms. The monoisotopic (exact) mass is 258 g/mol. The predicted octanol–water partition coefficient (Wildman–Crippen LogP) is 5.50. The Morgan fingerprint density at radius 3 is 1.30 bits per heavy atom. The van der Waals surface area contributed by atoms with Crippen molar-refractivity contribution in [1.29, 1.82) is 0 Å². The number of benzene rings is 2. The summed E-state index contributed by atoms with van der Waals surface area (Å²) in [6, 6.07) is 21.2. The summed E-state index contributed by atoms with van der Waals surface area (Å²) < 4.78 is 0. The van der Waals surface area contributed by atoms with Crippen molar-refractivity contribution in [2.24, 2.45) is 0 Å². The predicted molar refractivity (Wildman–Crippen MR) is 87.2 cm³/mol. The Bertz CT molecular complexity index is 650. The smallest absolute Gasteiger partial charge is 0.00674 e. The summed E-state index contributed by atoms with van der Waals surface area (Å²) in [6.45, 7) is 8.59. The molecule has 3 rings (SSSR count). The minimum Gasteiger partial charge on any atom is -0.0912 e. The first kappa shape index (κ1) is 12.7. The Morgan fingerprint density at radius 1 is 0.600 bits per heavy atom. The van der Waals surface area contributed by atoms with Gasteiger partial charge in [0.05, 0.1) is 0 Å². The van der Waals surface area contributed by atoms with Gasteiger partial charge in [0.2, 0.25) is 0 Å². The minimum atomic E-state index is 1.16. The third-order valence-electron chi connectivity index (χ3n) is 4.03. The van der Waals surface area contributed by atoms with Crippen molar-refractivity contribution < 1.29 is 0 Å². The van der Waals surface area contributed by atoms with Gasteiger partial charge in [-0.3, -0.25) is 0 Å². The second-order valence-electron chi connectivity index (χ2n) is 5.21. The molecular formula is C20H18. The van der Waals surface area contributed by atoms with Crippen molar-refractivity contribution in [1.82, 2.24) is 0 Å². The molecule has 2 aromatic rings. The lowest BCUT2D eigenvalue weighted by molar-refractivity contribution is 1.39. The molecule has 0 unspecified atom stereocenters. The Balaban J connectivity index is 2.24. The fourth-order valence-corrected chi connectivity index (χ4v) is 2.89. The van der Waals surface area contributed by atoms with E-state index in [-0.39, 0.29) is 0 Å². The Morgan fingerprint density at radius 2 is 0.950 bits per heavy atom. The lowest BCUT2D eigenvalue weighted by Crippen LogP contribution is -1.90. The van der Waals surface area contributed by atoms with E-state index in [0.29, 0.717) is 0 Å². The van der Waals surface area contributed by atoms with Gasteiger partial charge >= 0.3 is 0 Å². The third kappa shape index (κ3) is 1.94. The molecule has 20 heavy (non-hydrogen) atoms. The molecule has 0 heterocycles. The van der Waals surface area contributed by atoms with E-state index in [1.807, 2.05) is 0 Å². The minimum absolute atomic E-state index is 1.16. The zero-order valence-electron chi connectivity index (χ0n) is 12.0. The van der Waals surface area contributed by atoms with Gasteiger partial charge in [-0.1, -0.05) is 67.2 Å². The summed E-state index contributed by atoms with van der Waals surface area (Å²) in [7, 11) is 0. The average molecular weight is 258 g/mol. The van der Waals surface area contributed by atoms with Crippen LogP contribution in [0.4, 0.5) is 0 Å². The highest BCUT2D eigenvalue weighted by atomic mass is 14.3. The molecule has 0 atom stereocenters. The SMILES string of the molecule is C=C1C(C)=C(c2ccccc2)C(c2ccccc2)=C1C. The fraction of sp³-hybridized carbons (Fsp3) is 0.100. The van der Waals surface area contributed by atoms with Crippen LogP contribution in [0.5, 0.6) is 0 Å². The van der Waals surface area contributed by atoms with E-state index in [1.54, 1.807) is 0 Å². The highest BCUT2D eigenvalue weighted by Gasteiger charge is 2.24. The zero-order chi connectivity index (χ0) is 14.1. The molecule has 0 amide bonds. The molecule has 0 radical (unpaired) electrons. The summed E-state index contributed by atoms with van der Waals surface area (Å²) in [5.41, 5.74) is 8.89. The second kappa shape index (κ2) is 4.97. The standard InChI is InChI=1S/C20H18/c1-14-15(2)19(17-10-6-4-7-11-17)20(16(14)3)18-12-8-5-9-13-18/h4-13H,1H2,2-3H3. The maximum atomic E-state index is 4.25. The van der Waals surface area contributed by atoms with Crippen LogP contribution in [0.2, 0.25) is 0 Å². The van der Waals surface area contributed by atoms with Gasteiger partial charge in [0.15, 0.2) is 0 Å². The first-order valence-corrected chi connectivity index (χ1v) is 6.92. The Hall–Kier alpha value is -2.34. The Labute approximate surface area is 120 Å². The van der Waals surface area contributed by atoms with E-state index in [1.165, 1.54) is 33.4 Å². The molecule has 0 saturated carbocycles. The van der Waals surface area contributed by atoms with Gasteiger partial charge < -0.3 is 0 Å². The summed E-state index contributed by atoms with van der Waals surface area (Å²) in [5.74, 6) is 0. The molecule has 1 aliphatic carbocycles. The van der Waals surface area contributed by atoms with Crippen LogP contribution in [0, 0.1) is 0 Å². The van der Waals surface area contributed by atoms with Gasteiger partial charge in [-0.2, -0.15) is 0 Å². The zero-order valence-corrected chi connectivity index (χ0v) is 12.0. The second-order valence-corrected chi connectivity index (χ2v) is 5.21. The summed E-state index contributed by atoms with van der Waals surface area (Å²) in [5, 5.41) is 0. The van der Waals surface area contributed by atoms with E-state index in [4.69, 9.17) is 0 Å². The van der Waals surface area contributed by atoms with Gasteiger partial charge in [-0.25, -0.2) is 0 Å². The van der Waals surface area contributed by atoms with Crippen LogP contribution in [0.25, 0.3) is 11.1 Å². The average Bonchev–Trinajstić information content (AvgIpc) is 2.73. The van der Waals surface area contributed by atoms with Crippen molar-refractivity contribution in [3.63, 3.8) is 0 Å². The molecule has 0 aliphatic heterocycles. The number of allylic oxidation sites excluding steroid dienone is 5. The van der Waals surface area contributed by atoms with Crippen molar-refractivity contribution in [3.05, 3.63) is 95.1 Å². The Kier molecular flexibility index (Phi) is 3.15. The van der Waals surface area contributed by atoms with Gasteiger partial charge in [-0.05, 0) is 52.8 Å². The van der Waals surface area contributed by atoms with Gasteiger partial charge in [0, 0.05) is 0 Å². The van der Waals surface area contributed by atoms with Gasteiger partial charge in [0.25, 0.3) is 0 Å². The van der Waals surface area contributed by atoms with E-state index >= 15 is 0 Å². The van der Waals surface area contributed by atoms with Crippen molar-refractivity contribution in [3.8, 4) is 0 Å². The van der Waals surface area contributed by atoms with Crippen molar-refractivity contribution in [2.45, 2.75) is 13.8 Å². The summed E-state index contributed by atoms with van der Waals surface area (Å²) in [4.78, 5) is 0. The highest BCUT2D eigenvalue weighted by Crippen LogP contribution is 2.46. The fourth-order valence-electron chi connectivity index (χ4n) is 2.89. The van der Waals surface area contributed by atoms with E-state index in [0.717, 1.165) is 5.57 Å². The van der Waals surface area contributed by atoms with Gasteiger partial charge in [-0.15, -0.1) is 0 Å². The summed E-state index contributed by atoms with van der Waals surface area (Å²) >= 11 is 0. The van der Waals surface area contributed by atoms with E-state index < -0.39 is 0 Å². The highest BCUT2D eigenvalue weighted by molar-refractivity contribution is 6.13. The normalized spacial score (nSPS) is 15.2. The topological polar surface area (TPSA) is 0 Å². The van der Waals surface area contributed by atoms with Gasteiger partial charge in [0.1, 0.15) is 0 Å². The van der Waals surface area contributed by atoms with Crippen LogP contribution in [-0.2, 0) is 0 Å². The number of hydrogen-bond donors (Lipinski definition) is 0. The van der Waals surface area contributed by atoms with Crippen LogP contribution in [0.15, 0.2) is 84.0 Å². The molecule has 0 heteroatoms. The molecule has 0 aromatic heterocycles. The largest absolute Gasteiger partial charge is 0.0912 e. The molecule has 0 fully saturated rings. The van der Waals surface area contributed by atoms with Crippen LogP contribution < -0.4 is 0 Å². The summed E-state index contributed by atoms with van der Waals surface area (Å²) in [6.07, 6.45) is 0. The first-order valence-electron chi connectivity index (χ1n) is 6.92. The van der Waals surface area contributed by atoms with Crippen molar-refractivity contribution >= 4 is 11.1 Å². The van der Waals surface area contributed by atoms with E-state index in [9.17, 15) is 0 Å². The number of rotatable bonds is 2. The van der Waals surface area contributed by atoms with E-state index in [2.05, 4.69) is 81.1 Å². The quantitative estimate of drug-likeness (QED) is 0.667. The molecular weight excluding hydrogens is 240 g/mol. The molecule has 0 spiro atoms. The molecule has 0 saturated heterocycles. The first-order chi connectivity index (χ1) is 9.70. The molecule has 98 valence electrons. The van der Waals surface area contributed by atoms with Crippen LogP contribution in [-0.4, -0.2) is 0 Å². The molecule has 0 nitrogen and oxygen atoms in total. The van der Waals surface area contributed by atoms with Crippen molar-refractivity contribution in [2.75, 3.05) is 0 Å². The molecule has 0 N–H and O–H groups in total. The maximum absolute atomic E-state index is 4.25. The van der Waals surface area contributed by atoms with Crippen LogP contribution >= 0.6 is 0 Å². The number of hydrogen-bond acceptors (Lipinski definition) is 0.